The lowest BCUT2D eigenvalue weighted by Crippen LogP contribution is -2.19. The Hall–Kier alpha value is -4.25. The Morgan fingerprint density at radius 2 is 1.86 bits per heavy atom. The second kappa shape index (κ2) is 8.76. The van der Waals surface area contributed by atoms with Crippen LogP contribution in [0.25, 0.3) is 22.3 Å². The van der Waals surface area contributed by atoms with E-state index in [-0.39, 0.29) is 12.0 Å². The van der Waals surface area contributed by atoms with Crippen LogP contribution in [-0.4, -0.2) is 59.8 Å². The average molecular weight is 488 g/mol. The van der Waals surface area contributed by atoms with Crippen LogP contribution in [0, 0.1) is 11.6 Å². The molecule has 3 aromatic heterocycles. The molecule has 11 heteroatoms. The third-order valence-corrected chi connectivity index (χ3v) is 6.63. The zero-order valence-electron chi connectivity index (χ0n) is 19.7. The molecule has 36 heavy (non-hydrogen) atoms. The van der Waals surface area contributed by atoms with Crippen molar-refractivity contribution in [2.75, 3.05) is 25.5 Å². The fourth-order valence-electron chi connectivity index (χ4n) is 4.87. The quantitative estimate of drug-likeness (QED) is 0.402. The van der Waals surface area contributed by atoms with E-state index in [1.807, 2.05) is 49.1 Å². The van der Waals surface area contributed by atoms with Crippen LogP contribution >= 0.6 is 0 Å². The Balaban J connectivity index is 1.32. The molecule has 0 aliphatic carbocycles. The van der Waals surface area contributed by atoms with Crippen molar-refractivity contribution in [1.29, 1.82) is 0 Å². The van der Waals surface area contributed by atoms with E-state index in [4.69, 9.17) is 0 Å². The van der Waals surface area contributed by atoms with Gasteiger partial charge in [-0.15, -0.1) is 5.10 Å². The van der Waals surface area contributed by atoms with Crippen molar-refractivity contribution in [1.82, 2.24) is 39.6 Å². The van der Waals surface area contributed by atoms with Gasteiger partial charge in [0.05, 0.1) is 23.4 Å². The molecule has 0 bridgehead atoms. The van der Waals surface area contributed by atoms with Gasteiger partial charge in [-0.2, -0.15) is 5.10 Å². The first kappa shape index (κ1) is 22.2. The number of rotatable bonds is 5. The molecule has 1 fully saturated rings. The molecule has 5 aromatic rings. The van der Waals surface area contributed by atoms with Gasteiger partial charge < -0.3 is 10.2 Å². The SMILES string of the molecule is CN1CC(c2ccc(F)cc2F)C(n2nnc3cc(-c4ccnc(Nc5ccnn5C)n4)ccc32)C1. The number of aromatic nitrogens is 7. The molecule has 1 aliphatic rings. The minimum Gasteiger partial charge on any atom is -0.309 e. The fourth-order valence-corrected chi connectivity index (χ4v) is 4.87. The van der Waals surface area contributed by atoms with Crippen molar-refractivity contribution in [3.8, 4) is 11.3 Å². The van der Waals surface area contributed by atoms with E-state index >= 15 is 0 Å². The average Bonchev–Trinajstić information content (AvgIpc) is 3.57. The molecule has 1 N–H and O–H groups in total. The smallest absolute Gasteiger partial charge is 0.228 e. The molecule has 4 heterocycles. The van der Waals surface area contributed by atoms with Gasteiger partial charge in [0, 0.05) is 49.9 Å². The Labute approximate surface area is 205 Å². The van der Waals surface area contributed by atoms with Gasteiger partial charge in [-0.05, 0) is 36.9 Å². The van der Waals surface area contributed by atoms with Crippen molar-refractivity contribution < 1.29 is 8.78 Å². The van der Waals surface area contributed by atoms with E-state index in [1.54, 1.807) is 17.1 Å². The number of fused-ring (bicyclic) bond motifs is 1. The Morgan fingerprint density at radius 1 is 0.972 bits per heavy atom. The number of nitrogens with zero attached hydrogens (tertiary/aromatic N) is 8. The lowest BCUT2D eigenvalue weighted by Gasteiger charge is -2.20. The Morgan fingerprint density at radius 3 is 2.67 bits per heavy atom. The lowest BCUT2D eigenvalue weighted by atomic mass is 9.93. The van der Waals surface area contributed by atoms with E-state index in [2.05, 4.69) is 35.6 Å². The number of anilines is 2. The molecule has 182 valence electrons. The fraction of sp³-hybridized carbons (Fsp3) is 0.240. The zero-order valence-corrected chi connectivity index (χ0v) is 19.7. The molecule has 6 rings (SSSR count). The molecular weight excluding hydrogens is 464 g/mol. The summed E-state index contributed by atoms with van der Waals surface area (Å²) in [5.41, 5.74) is 3.64. The number of benzene rings is 2. The second-order valence-electron chi connectivity index (χ2n) is 9.03. The van der Waals surface area contributed by atoms with Crippen LogP contribution in [0.3, 0.4) is 0 Å². The number of hydrogen-bond donors (Lipinski definition) is 1. The molecule has 0 saturated carbocycles. The predicted octanol–water partition coefficient (Wildman–Crippen LogP) is 3.91. The van der Waals surface area contributed by atoms with Gasteiger partial charge in [0.2, 0.25) is 5.95 Å². The van der Waals surface area contributed by atoms with Gasteiger partial charge in [0.1, 0.15) is 23.0 Å². The highest BCUT2D eigenvalue weighted by Gasteiger charge is 2.36. The molecule has 0 spiro atoms. The summed E-state index contributed by atoms with van der Waals surface area (Å²) in [6, 6.07) is 13.2. The summed E-state index contributed by atoms with van der Waals surface area (Å²) in [5, 5.41) is 16.1. The highest BCUT2D eigenvalue weighted by molar-refractivity contribution is 5.81. The summed E-state index contributed by atoms with van der Waals surface area (Å²) in [7, 11) is 3.82. The standard InChI is InChI=1S/C25H23F2N9/c1-34-13-18(17-5-4-16(26)12-19(17)27)23(14-34)36-22-6-3-15(11-21(22)32-33-36)20-7-9-28-25(30-20)31-24-8-10-29-35(24)2/h3-12,18,23H,13-14H2,1-2H3,(H,28,30,31). The number of aryl methyl sites for hydroxylation is 1. The van der Waals surface area contributed by atoms with Crippen LogP contribution in [0.5, 0.6) is 0 Å². The van der Waals surface area contributed by atoms with Crippen molar-refractivity contribution in [2.24, 2.45) is 7.05 Å². The topological polar surface area (TPSA) is 89.6 Å². The molecule has 9 nitrogen and oxygen atoms in total. The summed E-state index contributed by atoms with van der Waals surface area (Å²) in [4.78, 5) is 11.1. The lowest BCUT2D eigenvalue weighted by molar-refractivity contribution is 0.382. The van der Waals surface area contributed by atoms with Crippen molar-refractivity contribution in [3.63, 3.8) is 0 Å². The van der Waals surface area contributed by atoms with Crippen LogP contribution in [0.2, 0.25) is 0 Å². The minimum atomic E-state index is -0.582. The van der Waals surface area contributed by atoms with E-state index in [1.165, 1.54) is 12.1 Å². The number of halogens is 2. The van der Waals surface area contributed by atoms with Gasteiger partial charge in [-0.1, -0.05) is 17.3 Å². The molecule has 0 radical (unpaired) electrons. The molecule has 1 aliphatic heterocycles. The molecule has 2 unspecified atom stereocenters. The highest BCUT2D eigenvalue weighted by atomic mass is 19.1. The van der Waals surface area contributed by atoms with E-state index < -0.39 is 11.6 Å². The second-order valence-corrected chi connectivity index (χ2v) is 9.03. The van der Waals surface area contributed by atoms with Crippen LogP contribution in [0.4, 0.5) is 20.5 Å². The maximum absolute atomic E-state index is 14.6. The van der Waals surface area contributed by atoms with Crippen molar-refractivity contribution >= 4 is 22.8 Å². The van der Waals surface area contributed by atoms with Gasteiger partial charge in [-0.3, -0.25) is 4.68 Å². The largest absolute Gasteiger partial charge is 0.309 e. The zero-order chi connectivity index (χ0) is 24.8. The molecule has 1 saturated heterocycles. The molecule has 2 atom stereocenters. The summed E-state index contributed by atoms with van der Waals surface area (Å²) in [6.45, 7) is 1.32. The monoisotopic (exact) mass is 487 g/mol. The number of nitrogens with one attached hydrogen (secondary N) is 1. The van der Waals surface area contributed by atoms with Gasteiger partial charge in [-0.25, -0.2) is 23.4 Å². The normalized spacial score (nSPS) is 18.2. The molecule has 0 amide bonds. The van der Waals surface area contributed by atoms with Crippen molar-refractivity contribution in [3.05, 3.63) is 78.1 Å². The third-order valence-electron chi connectivity index (χ3n) is 6.63. The van der Waals surface area contributed by atoms with Crippen LogP contribution in [0.1, 0.15) is 17.5 Å². The van der Waals surface area contributed by atoms with Gasteiger partial charge in [0.25, 0.3) is 0 Å². The Bertz CT molecular complexity index is 1560. The van der Waals surface area contributed by atoms with Gasteiger partial charge >= 0.3 is 0 Å². The number of likely N-dealkylation sites (tertiary alicyclic amines) is 1. The van der Waals surface area contributed by atoms with Crippen LogP contribution in [-0.2, 0) is 7.05 Å². The molecular formula is C25H23F2N9. The molecule has 2 aromatic carbocycles. The summed E-state index contributed by atoms with van der Waals surface area (Å²) in [5.74, 6) is -0.0625. The van der Waals surface area contributed by atoms with Crippen LogP contribution in [0.15, 0.2) is 60.9 Å². The summed E-state index contributed by atoms with van der Waals surface area (Å²) >= 11 is 0. The van der Waals surface area contributed by atoms with E-state index in [9.17, 15) is 8.78 Å². The Kier molecular flexibility index (Phi) is 5.41. The van der Waals surface area contributed by atoms with Crippen molar-refractivity contribution in [2.45, 2.75) is 12.0 Å². The third kappa shape index (κ3) is 3.97. The first-order valence-electron chi connectivity index (χ1n) is 11.5. The number of hydrogen-bond acceptors (Lipinski definition) is 7. The number of likely N-dealkylation sites (N-methyl/N-ethyl adjacent to an activating group) is 1. The minimum absolute atomic E-state index is 0.139. The first-order chi connectivity index (χ1) is 17.5. The summed E-state index contributed by atoms with van der Waals surface area (Å²) < 4.78 is 31.7. The maximum atomic E-state index is 14.6. The highest BCUT2D eigenvalue weighted by Crippen LogP contribution is 2.38. The predicted molar refractivity (Wildman–Crippen MR) is 131 cm³/mol. The summed E-state index contributed by atoms with van der Waals surface area (Å²) in [6.07, 6.45) is 3.39. The maximum Gasteiger partial charge on any atom is 0.228 e. The van der Waals surface area contributed by atoms with E-state index in [0.717, 1.165) is 28.7 Å². The van der Waals surface area contributed by atoms with Crippen LogP contribution < -0.4 is 5.32 Å². The van der Waals surface area contributed by atoms with Gasteiger partial charge in [0.15, 0.2) is 0 Å². The first-order valence-corrected chi connectivity index (χ1v) is 11.5. The van der Waals surface area contributed by atoms with E-state index in [0.29, 0.717) is 30.1 Å².